The molecule has 1 aromatic carbocycles. The van der Waals surface area contributed by atoms with Crippen LogP contribution in [0.2, 0.25) is 0 Å². The average molecular weight is 297 g/mol. The third-order valence-corrected chi connectivity index (χ3v) is 3.89. The van der Waals surface area contributed by atoms with Crippen LogP contribution in [0, 0.1) is 6.92 Å². The third-order valence-electron chi connectivity index (χ3n) is 3.40. The van der Waals surface area contributed by atoms with Crippen LogP contribution in [-0.2, 0) is 4.79 Å². The second kappa shape index (κ2) is 4.78. The van der Waals surface area contributed by atoms with Crippen LogP contribution in [0.3, 0.4) is 0 Å². The van der Waals surface area contributed by atoms with Crippen LogP contribution in [0.1, 0.15) is 31.2 Å². The number of aryl methyl sites for hydroxylation is 1. The first-order chi connectivity index (χ1) is 8.01. The summed E-state index contributed by atoms with van der Waals surface area (Å²) in [6.07, 6.45) is 3.65. The molecule has 0 aromatic heterocycles. The lowest BCUT2D eigenvalue weighted by atomic mass is 9.98. The van der Waals surface area contributed by atoms with Crippen LogP contribution in [0.4, 0.5) is 5.69 Å². The quantitative estimate of drug-likeness (QED) is 0.881. The Hall–Kier alpha value is -0.870. The first-order valence-corrected chi connectivity index (χ1v) is 6.67. The smallest absolute Gasteiger partial charge is 0.244 e. The van der Waals surface area contributed by atoms with E-state index in [-0.39, 0.29) is 5.91 Å². The zero-order valence-electron chi connectivity index (χ0n) is 9.92. The van der Waals surface area contributed by atoms with Crippen LogP contribution in [-0.4, -0.2) is 11.4 Å². The molecule has 3 N–H and O–H groups in total. The van der Waals surface area contributed by atoms with Crippen LogP contribution < -0.4 is 11.1 Å². The molecule has 0 aliphatic heterocycles. The van der Waals surface area contributed by atoms with Gasteiger partial charge in [0.25, 0.3) is 0 Å². The van der Waals surface area contributed by atoms with Crippen LogP contribution in [0.5, 0.6) is 0 Å². The number of carbonyl (C=O) groups excluding carboxylic acids is 1. The van der Waals surface area contributed by atoms with Crippen molar-refractivity contribution in [3.63, 3.8) is 0 Å². The van der Waals surface area contributed by atoms with E-state index in [1.54, 1.807) is 0 Å². The van der Waals surface area contributed by atoms with E-state index in [2.05, 4.69) is 21.2 Å². The molecule has 0 radical (unpaired) electrons. The number of rotatable bonds is 2. The van der Waals surface area contributed by atoms with E-state index in [1.807, 2.05) is 25.1 Å². The standard InChI is InChI=1S/C13H17BrN2O/c1-9-4-5-10(14)8-11(9)16-12(17)13(15)6-2-3-7-13/h4-5,8H,2-3,6-7,15H2,1H3,(H,16,17). The summed E-state index contributed by atoms with van der Waals surface area (Å²) in [5.74, 6) is -0.0591. The van der Waals surface area contributed by atoms with Crippen molar-refractivity contribution in [2.45, 2.75) is 38.1 Å². The molecule has 0 saturated heterocycles. The summed E-state index contributed by atoms with van der Waals surface area (Å²) in [5.41, 5.74) is 7.32. The van der Waals surface area contributed by atoms with Crippen LogP contribution >= 0.6 is 15.9 Å². The third kappa shape index (κ3) is 2.69. The topological polar surface area (TPSA) is 55.1 Å². The van der Waals surface area contributed by atoms with Gasteiger partial charge in [-0.25, -0.2) is 0 Å². The van der Waals surface area contributed by atoms with Gasteiger partial charge in [-0.15, -0.1) is 0 Å². The van der Waals surface area contributed by atoms with Crippen molar-refractivity contribution in [1.29, 1.82) is 0 Å². The molecule has 0 atom stereocenters. The Balaban J connectivity index is 2.15. The maximum atomic E-state index is 12.1. The molecule has 2 rings (SSSR count). The second-order valence-corrected chi connectivity index (χ2v) is 5.69. The van der Waals surface area contributed by atoms with Crippen molar-refractivity contribution in [3.05, 3.63) is 28.2 Å². The average Bonchev–Trinajstić information content (AvgIpc) is 2.72. The Morgan fingerprint density at radius 1 is 1.41 bits per heavy atom. The maximum Gasteiger partial charge on any atom is 0.244 e. The molecule has 0 bridgehead atoms. The van der Waals surface area contributed by atoms with Crippen molar-refractivity contribution in [3.8, 4) is 0 Å². The van der Waals surface area contributed by atoms with Crippen molar-refractivity contribution >= 4 is 27.5 Å². The summed E-state index contributed by atoms with van der Waals surface area (Å²) in [4.78, 5) is 12.1. The van der Waals surface area contributed by atoms with Gasteiger partial charge in [0.2, 0.25) is 5.91 Å². The number of nitrogens with two attached hydrogens (primary N) is 1. The van der Waals surface area contributed by atoms with E-state index < -0.39 is 5.54 Å². The van der Waals surface area contributed by atoms with Gasteiger partial charge < -0.3 is 11.1 Å². The van der Waals surface area contributed by atoms with E-state index in [0.29, 0.717) is 0 Å². The first-order valence-electron chi connectivity index (χ1n) is 5.88. The molecule has 1 aromatic rings. The number of nitrogens with one attached hydrogen (secondary N) is 1. The number of carbonyl (C=O) groups is 1. The zero-order valence-corrected chi connectivity index (χ0v) is 11.5. The molecule has 1 saturated carbocycles. The highest BCUT2D eigenvalue weighted by atomic mass is 79.9. The first kappa shape index (κ1) is 12.6. The Labute approximate surface area is 110 Å². The highest BCUT2D eigenvalue weighted by Crippen LogP contribution is 2.29. The molecule has 0 unspecified atom stereocenters. The summed E-state index contributed by atoms with van der Waals surface area (Å²) >= 11 is 3.40. The summed E-state index contributed by atoms with van der Waals surface area (Å²) < 4.78 is 0.955. The molecular formula is C13H17BrN2O. The highest BCUT2D eigenvalue weighted by Gasteiger charge is 2.37. The fourth-order valence-corrected chi connectivity index (χ4v) is 2.57. The maximum absolute atomic E-state index is 12.1. The normalized spacial score (nSPS) is 18.1. The lowest BCUT2D eigenvalue weighted by molar-refractivity contribution is -0.121. The van der Waals surface area contributed by atoms with E-state index >= 15 is 0 Å². The van der Waals surface area contributed by atoms with Gasteiger partial charge in [-0.05, 0) is 37.5 Å². The molecule has 17 heavy (non-hydrogen) atoms. The van der Waals surface area contributed by atoms with Gasteiger partial charge in [0.1, 0.15) is 0 Å². The summed E-state index contributed by atoms with van der Waals surface area (Å²) in [7, 11) is 0. The monoisotopic (exact) mass is 296 g/mol. The van der Waals surface area contributed by atoms with E-state index in [4.69, 9.17) is 5.73 Å². The van der Waals surface area contributed by atoms with Crippen molar-refractivity contribution in [2.24, 2.45) is 5.73 Å². The van der Waals surface area contributed by atoms with Gasteiger partial charge in [0.15, 0.2) is 0 Å². The van der Waals surface area contributed by atoms with Gasteiger partial charge in [0, 0.05) is 10.2 Å². The van der Waals surface area contributed by atoms with Crippen molar-refractivity contribution in [2.75, 3.05) is 5.32 Å². The molecule has 1 fully saturated rings. The lowest BCUT2D eigenvalue weighted by Crippen LogP contribution is -2.48. The highest BCUT2D eigenvalue weighted by molar-refractivity contribution is 9.10. The Morgan fingerprint density at radius 2 is 2.06 bits per heavy atom. The van der Waals surface area contributed by atoms with Crippen LogP contribution in [0.15, 0.2) is 22.7 Å². The SMILES string of the molecule is Cc1ccc(Br)cc1NC(=O)C1(N)CCCC1. The van der Waals surface area contributed by atoms with Crippen LogP contribution in [0.25, 0.3) is 0 Å². The molecule has 1 aliphatic rings. The minimum atomic E-state index is -0.672. The molecule has 92 valence electrons. The second-order valence-electron chi connectivity index (χ2n) is 4.78. The van der Waals surface area contributed by atoms with Crippen molar-refractivity contribution < 1.29 is 4.79 Å². The van der Waals surface area contributed by atoms with E-state index in [0.717, 1.165) is 41.4 Å². The van der Waals surface area contributed by atoms with Crippen molar-refractivity contribution in [1.82, 2.24) is 0 Å². The predicted octanol–water partition coefficient (Wildman–Crippen LogP) is 2.97. The molecular weight excluding hydrogens is 280 g/mol. The minimum Gasteiger partial charge on any atom is -0.324 e. The molecule has 0 heterocycles. The number of amides is 1. The number of hydrogen-bond acceptors (Lipinski definition) is 2. The Bertz CT molecular complexity index is 439. The largest absolute Gasteiger partial charge is 0.324 e. The summed E-state index contributed by atoms with van der Waals surface area (Å²) in [6.45, 7) is 1.97. The Kier molecular flexibility index (Phi) is 3.54. The number of hydrogen-bond donors (Lipinski definition) is 2. The molecule has 1 amide bonds. The Morgan fingerprint density at radius 3 is 2.71 bits per heavy atom. The zero-order chi connectivity index (χ0) is 12.5. The van der Waals surface area contributed by atoms with Gasteiger partial charge in [-0.2, -0.15) is 0 Å². The molecule has 3 nitrogen and oxygen atoms in total. The summed E-state index contributed by atoms with van der Waals surface area (Å²) in [5, 5.41) is 2.94. The number of halogens is 1. The van der Waals surface area contributed by atoms with Gasteiger partial charge >= 0.3 is 0 Å². The predicted molar refractivity (Wildman–Crippen MR) is 72.9 cm³/mol. The van der Waals surface area contributed by atoms with Gasteiger partial charge in [0.05, 0.1) is 5.54 Å². The molecule has 4 heteroatoms. The fraction of sp³-hybridized carbons (Fsp3) is 0.462. The molecule has 0 spiro atoms. The number of benzene rings is 1. The number of anilines is 1. The molecule has 1 aliphatic carbocycles. The lowest BCUT2D eigenvalue weighted by Gasteiger charge is -2.23. The van der Waals surface area contributed by atoms with Gasteiger partial charge in [-0.3, -0.25) is 4.79 Å². The summed E-state index contributed by atoms with van der Waals surface area (Å²) in [6, 6.07) is 5.84. The fourth-order valence-electron chi connectivity index (χ4n) is 2.21. The van der Waals surface area contributed by atoms with Gasteiger partial charge in [-0.1, -0.05) is 34.8 Å². The minimum absolute atomic E-state index is 0.0591. The van der Waals surface area contributed by atoms with E-state index in [1.165, 1.54) is 0 Å². The van der Waals surface area contributed by atoms with E-state index in [9.17, 15) is 4.79 Å².